The van der Waals surface area contributed by atoms with Gasteiger partial charge in [-0.25, -0.2) is 9.97 Å². The number of rotatable bonds is 5. The largest absolute Gasteiger partial charge is 0.347 e. The van der Waals surface area contributed by atoms with Gasteiger partial charge in [-0.3, -0.25) is 9.78 Å². The molecule has 25 heavy (non-hydrogen) atoms. The first kappa shape index (κ1) is 17.3. The monoisotopic (exact) mass is 340 g/mol. The van der Waals surface area contributed by atoms with E-state index in [2.05, 4.69) is 37.0 Å². The number of hydrogen-bond donors (Lipinski definition) is 1. The van der Waals surface area contributed by atoms with Gasteiger partial charge in [0.1, 0.15) is 5.69 Å². The molecule has 1 aliphatic rings. The quantitative estimate of drug-likeness (QED) is 0.883. The minimum atomic E-state index is -0.184. The van der Waals surface area contributed by atoms with Crippen LogP contribution in [0.25, 0.3) is 0 Å². The number of nitrogens with zero attached hydrogens (tertiary/aromatic N) is 5. The number of aromatic nitrogens is 3. The highest BCUT2D eigenvalue weighted by Gasteiger charge is 2.19. The van der Waals surface area contributed by atoms with Crippen molar-refractivity contribution in [1.82, 2.24) is 25.2 Å². The van der Waals surface area contributed by atoms with Gasteiger partial charge < -0.3 is 15.1 Å². The molecule has 0 spiro atoms. The number of anilines is 1. The molecule has 2 aromatic rings. The number of aryl methyl sites for hydroxylation is 1. The molecule has 1 amide bonds. The summed E-state index contributed by atoms with van der Waals surface area (Å²) in [7, 11) is 0. The fraction of sp³-hybridized carbons (Fsp3) is 0.444. The maximum absolute atomic E-state index is 12.5. The summed E-state index contributed by atoms with van der Waals surface area (Å²) in [6, 6.07) is 5.49. The third-order valence-electron chi connectivity index (χ3n) is 4.38. The Morgan fingerprint density at radius 3 is 2.56 bits per heavy atom. The maximum Gasteiger partial charge on any atom is 0.270 e. The average Bonchev–Trinajstić information content (AvgIpc) is 2.66. The molecule has 1 N–H and O–H groups in total. The van der Waals surface area contributed by atoms with Gasteiger partial charge in [-0.2, -0.15) is 0 Å². The van der Waals surface area contributed by atoms with Crippen LogP contribution in [0.4, 0.5) is 5.95 Å². The molecule has 0 aliphatic carbocycles. The molecule has 0 bridgehead atoms. The highest BCUT2D eigenvalue weighted by molar-refractivity contribution is 5.92. The Bertz CT molecular complexity index is 713. The minimum absolute atomic E-state index is 0.184. The summed E-state index contributed by atoms with van der Waals surface area (Å²) in [5, 5.41) is 2.91. The van der Waals surface area contributed by atoms with Crippen LogP contribution >= 0.6 is 0 Å². The predicted octanol–water partition coefficient (Wildman–Crippen LogP) is 1.25. The van der Waals surface area contributed by atoms with E-state index in [1.54, 1.807) is 18.5 Å². The number of nitrogens with one attached hydrogen (secondary N) is 1. The first-order valence-corrected chi connectivity index (χ1v) is 8.66. The summed E-state index contributed by atoms with van der Waals surface area (Å²) in [6.45, 7) is 9.34. The maximum atomic E-state index is 12.5. The van der Waals surface area contributed by atoms with Gasteiger partial charge in [-0.15, -0.1) is 0 Å². The third-order valence-corrected chi connectivity index (χ3v) is 4.38. The van der Waals surface area contributed by atoms with Crippen LogP contribution in [0.3, 0.4) is 0 Å². The summed E-state index contributed by atoms with van der Waals surface area (Å²) in [5.74, 6) is 0.459. The molecule has 0 radical (unpaired) electrons. The van der Waals surface area contributed by atoms with Crippen LogP contribution < -0.4 is 10.2 Å². The van der Waals surface area contributed by atoms with Crippen molar-refractivity contribution in [2.75, 3.05) is 37.6 Å². The van der Waals surface area contributed by atoms with E-state index in [1.807, 2.05) is 19.1 Å². The van der Waals surface area contributed by atoms with Crippen molar-refractivity contribution >= 4 is 11.9 Å². The van der Waals surface area contributed by atoms with Crippen LogP contribution in [-0.4, -0.2) is 58.5 Å². The Morgan fingerprint density at radius 1 is 1.16 bits per heavy atom. The lowest BCUT2D eigenvalue weighted by molar-refractivity contribution is 0.0945. The Hall–Kier alpha value is -2.54. The van der Waals surface area contributed by atoms with Crippen LogP contribution in [0.1, 0.15) is 28.7 Å². The fourth-order valence-electron chi connectivity index (χ4n) is 2.85. The van der Waals surface area contributed by atoms with Gasteiger partial charge in [-0.1, -0.05) is 6.92 Å². The number of carbonyl (C=O) groups is 1. The molecule has 7 heteroatoms. The average molecular weight is 340 g/mol. The van der Waals surface area contributed by atoms with E-state index in [9.17, 15) is 4.79 Å². The normalized spacial score (nSPS) is 15.2. The molecule has 1 saturated heterocycles. The zero-order chi connectivity index (χ0) is 17.6. The van der Waals surface area contributed by atoms with Gasteiger partial charge in [0.05, 0.1) is 0 Å². The summed E-state index contributed by atoms with van der Waals surface area (Å²) in [5.41, 5.74) is 2.22. The summed E-state index contributed by atoms with van der Waals surface area (Å²) >= 11 is 0. The molecular formula is C18H24N6O. The summed E-state index contributed by atoms with van der Waals surface area (Å²) < 4.78 is 0. The van der Waals surface area contributed by atoms with Crippen molar-refractivity contribution in [3.8, 4) is 0 Å². The van der Waals surface area contributed by atoms with E-state index in [1.165, 1.54) is 0 Å². The fourth-order valence-corrected chi connectivity index (χ4v) is 2.85. The zero-order valence-corrected chi connectivity index (χ0v) is 14.8. The second-order valence-electron chi connectivity index (χ2n) is 6.15. The van der Waals surface area contributed by atoms with Crippen molar-refractivity contribution in [3.63, 3.8) is 0 Å². The SMILES string of the molecule is CCN1CCN(c2nc(C)cc(C(=O)NCc3ccncc3)n2)CC1. The molecule has 1 aliphatic heterocycles. The van der Waals surface area contributed by atoms with Gasteiger partial charge in [0.15, 0.2) is 0 Å². The van der Waals surface area contributed by atoms with Crippen LogP contribution in [-0.2, 0) is 6.54 Å². The molecular weight excluding hydrogens is 316 g/mol. The Morgan fingerprint density at radius 2 is 1.88 bits per heavy atom. The molecule has 0 unspecified atom stereocenters. The molecule has 7 nitrogen and oxygen atoms in total. The van der Waals surface area contributed by atoms with E-state index < -0.39 is 0 Å². The molecule has 132 valence electrons. The summed E-state index contributed by atoms with van der Waals surface area (Å²) in [6.07, 6.45) is 3.43. The standard InChI is InChI=1S/C18H24N6O/c1-3-23-8-10-24(11-9-23)18-21-14(2)12-16(22-18)17(25)20-13-15-4-6-19-7-5-15/h4-7,12H,3,8-11,13H2,1-2H3,(H,20,25). The smallest absolute Gasteiger partial charge is 0.270 e. The highest BCUT2D eigenvalue weighted by atomic mass is 16.1. The van der Waals surface area contributed by atoms with Crippen LogP contribution in [0, 0.1) is 6.92 Å². The van der Waals surface area contributed by atoms with Gasteiger partial charge in [0.25, 0.3) is 5.91 Å². The Balaban J connectivity index is 1.67. The number of likely N-dealkylation sites (N-methyl/N-ethyl adjacent to an activating group) is 1. The first-order chi connectivity index (χ1) is 12.2. The molecule has 2 aromatic heterocycles. The van der Waals surface area contributed by atoms with Crippen molar-refractivity contribution < 1.29 is 4.79 Å². The van der Waals surface area contributed by atoms with E-state index in [0.29, 0.717) is 18.2 Å². The van der Waals surface area contributed by atoms with E-state index >= 15 is 0 Å². The van der Waals surface area contributed by atoms with Gasteiger partial charge in [-0.05, 0) is 37.2 Å². The molecule has 0 saturated carbocycles. The Kier molecular flexibility index (Phi) is 5.55. The molecule has 0 atom stereocenters. The highest BCUT2D eigenvalue weighted by Crippen LogP contribution is 2.13. The number of carbonyl (C=O) groups excluding carboxylic acids is 1. The van der Waals surface area contributed by atoms with Gasteiger partial charge >= 0.3 is 0 Å². The lowest BCUT2D eigenvalue weighted by Crippen LogP contribution is -2.47. The van der Waals surface area contributed by atoms with Gasteiger partial charge in [0, 0.05) is 50.8 Å². The first-order valence-electron chi connectivity index (χ1n) is 8.66. The second kappa shape index (κ2) is 8.02. The zero-order valence-electron chi connectivity index (χ0n) is 14.8. The van der Waals surface area contributed by atoms with Crippen molar-refractivity contribution in [1.29, 1.82) is 0 Å². The molecule has 0 aromatic carbocycles. The number of hydrogen-bond acceptors (Lipinski definition) is 6. The van der Waals surface area contributed by atoms with Crippen molar-refractivity contribution in [2.45, 2.75) is 20.4 Å². The van der Waals surface area contributed by atoms with Gasteiger partial charge in [0.2, 0.25) is 5.95 Å². The molecule has 3 heterocycles. The lowest BCUT2D eigenvalue weighted by atomic mass is 10.2. The van der Waals surface area contributed by atoms with Crippen LogP contribution in [0.5, 0.6) is 0 Å². The predicted molar refractivity (Wildman–Crippen MR) is 96.5 cm³/mol. The molecule has 1 fully saturated rings. The van der Waals surface area contributed by atoms with E-state index in [4.69, 9.17) is 0 Å². The second-order valence-corrected chi connectivity index (χ2v) is 6.15. The summed E-state index contributed by atoms with van der Waals surface area (Å²) in [4.78, 5) is 30.0. The topological polar surface area (TPSA) is 74.2 Å². The minimum Gasteiger partial charge on any atom is -0.347 e. The van der Waals surface area contributed by atoms with Crippen LogP contribution in [0.15, 0.2) is 30.6 Å². The lowest BCUT2D eigenvalue weighted by Gasteiger charge is -2.34. The number of piperazine rings is 1. The van der Waals surface area contributed by atoms with E-state index in [0.717, 1.165) is 44.0 Å². The van der Waals surface area contributed by atoms with E-state index in [-0.39, 0.29) is 5.91 Å². The van der Waals surface area contributed by atoms with Crippen molar-refractivity contribution in [2.24, 2.45) is 0 Å². The van der Waals surface area contributed by atoms with Crippen molar-refractivity contribution in [3.05, 3.63) is 47.5 Å². The molecule has 3 rings (SSSR count). The van der Waals surface area contributed by atoms with Crippen LogP contribution in [0.2, 0.25) is 0 Å². The number of pyridine rings is 1. The third kappa shape index (κ3) is 4.51. The Labute approximate surface area is 148 Å². The number of amides is 1.